The van der Waals surface area contributed by atoms with Crippen molar-refractivity contribution in [2.75, 3.05) is 39.3 Å². The van der Waals surface area contributed by atoms with Gasteiger partial charge in [0, 0.05) is 33.5 Å². The van der Waals surface area contributed by atoms with Crippen LogP contribution < -0.4 is 10.6 Å². The fraction of sp³-hybridized carbons (Fsp3) is 0.923. The molecule has 0 saturated carbocycles. The predicted octanol–water partition coefficient (Wildman–Crippen LogP) is 1.27. The van der Waals surface area contributed by atoms with Gasteiger partial charge in [-0.15, -0.1) is 24.0 Å². The summed E-state index contributed by atoms with van der Waals surface area (Å²) in [5, 5.41) is 6.28. The molecule has 0 aromatic carbocycles. The van der Waals surface area contributed by atoms with Crippen molar-refractivity contribution in [1.29, 1.82) is 0 Å². The lowest BCUT2D eigenvalue weighted by Gasteiger charge is -2.30. The Balaban J connectivity index is 0. The van der Waals surface area contributed by atoms with Gasteiger partial charge in [0.1, 0.15) is 9.84 Å². The van der Waals surface area contributed by atoms with Crippen LogP contribution in [0.5, 0.6) is 0 Å². The Kier molecular flexibility index (Phi) is 11.7. The third-order valence-corrected chi connectivity index (χ3v) is 3.94. The van der Waals surface area contributed by atoms with Crippen LogP contribution in [0.25, 0.3) is 0 Å². The van der Waals surface area contributed by atoms with E-state index >= 15 is 0 Å². The summed E-state index contributed by atoms with van der Waals surface area (Å²) in [5.74, 6) is 0.837. The first kappa shape index (κ1) is 23.2. The predicted molar refractivity (Wildman–Crippen MR) is 99.4 cm³/mol. The molecule has 0 amide bonds. The van der Waals surface area contributed by atoms with Crippen LogP contribution in [0.3, 0.4) is 0 Å². The smallest absolute Gasteiger partial charge is 0.191 e. The maximum Gasteiger partial charge on any atom is 0.191 e. The van der Waals surface area contributed by atoms with Gasteiger partial charge in [-0.05, 0) is 11.8 Å². The fourth-order valence-corrected chi connectivity index (χ4v) is 2.36. The van der Waals surface area contributed by atoms with Crippen LogP contribution >= 0.6 is 24.0 Å². The van der Waals surface area contributed by atoms with Crippen LogP contribution in [-0.2, 0) is 14.6 Å². The van der Waals surface area contributed by atoms with Crippen LogP contribution in [0.1, 0.15) is 27.2 Å². The molecule has 0 aromatic rings. The molecule has 0 heterocycles. The summed E-state index contributed by atoms with van der Waals surface area (Å²) in [6.07, 6.45) is 1.87. The lowest BCUT2D eigenvalue weighted by Crippen LogP contribution is -2.45. The molecule has 0 bridgehead atoms. The van der Waals surface area contributed by atoms with Crippen LogP contribution in [0.15, 0.2) is 4.99 Å². The van der Waals surface area contributed by atoms with Crippen molar-refractivity contribution < 1.29 is 13.2 Å². The van der Waals surface area contributed by atoms with Gasteiger partial charge in [0.2, 0.25) is 0 Å². The molecular weight excluding hydrogens is 405 g/mol. The van der Waals surface area contributed by atoms with Crippen molar-refractivity contribution in [1.82, 2.24) is 10.6 Å². The molecule has 128 valence electrons. The lowest BCUT2D eigenvalue weighted by atomic mass is 9.89. The van der Waals surface area contributed by atoms with Crippen molar-refractivity contribution in [2.24, 2.45) is 10.4 Å². The van der Waals surface area contributed by atoms with Crippen molar-refractivity contribution in [3.63, 3.8) is 0 Å². The SMILES string of the molecule is CN=C(NCCCS(C)(=O)=O)NCC(OC)C(C)(C)C.I. The van der Waals surface area contributed by atoms with E-state index in [-0.39, 0.29) is 41.2 Å². The quantitative estimate of drug-likeness (QED) is 0.273. The molecule has 0 rings (SSSR count). The zero-order valence-corrected chi connectivity index (χ0v) is 17.0. The van der Waals surface area contributed by atoms with E-state index in [1.54, 1.807) is 14.2 Å². The third-order valence-electron chi connectivity index (χ3n) is 2.91. The second-order valence-electron chi connectivity index (χ2n) is 5.95. The summed E-state index contributed by atoms with van der Waals surface area (Å²) in [7, 11) is 0.482. The number of aliphatic imine (C=N–C) groups is 1. The number of hydrogen-bond donors (Lipinski definition) is 2. The van der Waals surface area contributed by atoms with E-state index in [1.165, 1.54) is 6.26 Å². The van der Waals surface area contributed by atoms with E-state index in [4.69, 9.17) is 4.74 Å². The Labute approximate surface area is 146 Å². The topological polar surface area (TPSA) is 79.8 Å². The van der Waals surface area contributed by atoms with Crippen molar-refractivity contribution >= 4 is 39.8 Å². The number of methoxy groups -OCH3 is 1. The molecule has 0 radical (unpaired) electrons. The first-order valence-electron chi connectivity index (χ1n) is 6.75. The van der Waals surface area contributed by atoms with Gasteiger partial charge in [-0.2, -0.15) is 0 Å². The van der Waals surface area contributed by atoms with Gasteiger partial charge < -0.3 is 15.4 Å². The number of hydrogen-bond acceptors (Lipinski definition) is 4. The molecule has 6 nitrogen and oxygen atoms in total. The molecule has 8 heteroatoms. The highest BCUT2D eigenvalue weighted by atomic mass is 127. The standard InChI is InChI=1S/C13H29N3O3S.HI/c1-13(2,3)11(19-5)10-16-12(14-4)15-8-7-9-20(6,17)18;/h11H,7-10H2,1-6H3,(H2,14,15,16);1H. The van der Waals surface area contributed by atoms with Crippen LogP contribution in [0, 0.1) is 5.41 Å². The first-order valence-corrected chi connectivity index (χ1v) is 8.81. The van der Waals surface area contributed by atoms with Gasteiger partial charge in [-0.1, -0.05) is 20.8 Å². The Hall–Kier alpha value is -0.0900. The summed E-state index contributed by atoms with van der Waals surface area (Å²) < 4.78 is 27.5. The number of nitrogens with one attached hydrogen (secondary N) is 2. The van der Waals surface area contributed by atoms with Gasteiger partial charge in [0.05, 0.1) is 11.9 Å². The van der Waals surface area contributed by atoms with E-state index in [1.807, 2.05) is 0 Å². The molecule has 0 aromatic heterocycles. The number of rotatable bonds is 7. The second-order valence-corrected chi connectivity index (χ2v) is 8.21. The zero-order chi connectivity index (χ0) is 15.8. The van der Waals surface area contributed by atoms with Gasteiger partial charge >= 0.3 is 0 Å². The Bertz CT molecular complexity index is 405. The van der Waals surface area contributed by atoms with Gasteiger partial charge in [0.25, 0.3) is 0 Å². The minimum absolute atomic E-state index is 0. The Morgan fingerprint density at radius 2 is 1.86 bits per heavy atom. The van der Waals surface area contributed by atoms with Gasteiger partial charge in [-0.3, -0.25) is 4.99 Å². The van der Waals surface area contributed by atoms with Gasteiger partial charge in [-0.25, -0.2) is 8.42 Å². The Morgan fingerprint density at radius 1 is 1.29 bits per heavy atom. The first-order chi connectivity index (χ1) is 9.10. The highest BCUT2D eigenvalue weighted by Gasteiger charge is 2.24. The molecule has 1 unspecified atom stereocenters. The molecule has 0 saturated heterocycles. The number of nitrogens with zero attached hydrogens (tertiary/aromatic N) is 1. The van der Waals surface area contributed by atoms with E-state index in [0.29, 0.717) is 25.5 Å². The molecule has 0 aliphatic heterocycles. The third kappa shape index (κ3) is 12.2. The highest BCUT2D eigenvalue weighted by Crippen LogP contribution is 2.20. The monoisotopic (exact) mass is 435 g/mol. The fourth-order valence-electron chi connectivity index (χ4n) is 1.69. The molecular formula is C13H30IN3O3S. The van der Waals surface area contributed by atoms with E-state index in [0.717, 1.165) is 0 Å². The summed E-state index contributed by atoms with van der Waals surface area (Å²) in [6, 6.07) is 0. The molecule has 0 aliphatic rings. The summed E-state index contributed by atoms with van der Waals surface area (Å²) in [4.78, 5) is 4.10. The molecule has 21 heavy (non-hydrogen) atoms. The average Bonchev–Trinajstić information content (AvgIpc) is 2.29. The van der Waals surface area contributed by atoms with Crippen molar-refractivity contribution in [3.8, 4) is 0 Å². The lowest BCUT2D eigenvalue weighted by molar-refractivity contribution is 0.0205. The largest absolute Gasteiger partial charge is 0.379 e. The number of ether oxygens (including phenoxy) is 1. The van der Waals surface area contributed by atoms with E-state index < -0.39 is 9.84 Å². The number of guanidine groups is 1. The van der Waals surface area contributed by atoms with Crippen LogP contribution in [0.4, 0.5) is 0 Å². The molecule has 0 aliphatic carbocycles. The maximum absolute atomic E-state index is 11.0. The van der Waals surface area contributed by atoms with Crippen LogP contribution in [-0.4, -0.2) is 59.7 Å². The molecule has 2 N–H and O–H groups in total. The maximum atomic E-state index is 11.0. The van der Waals surface area contributed by atoms with Gasteiger partial charge in [0.15, 0.2) is 5.96 Å². The van der Waals surface area contributed by atoms with Crippen molar-refractivity contribution in [2.45, 2.75) is 33.3 Å². The van der Waals surface area contributed by atoms with Crippen LogP contribution in [0.2, 0.25) is 0 Å². The molecule has 0 spiro atoms. The summed E-state index contributed by atoms with van der Waals surface area (Å²) >= 11 is 0. The Morgan fingerprint density at radius 3 is 2.24 bits per heavy atom. The zero-order valence-electron chi connectivity index (χ0n) is 13.9. The number of halogens is 1. The normalized spacial score (nSPS) is 14.3. The van der Waals surface area contributed by atoms with Crippen molar-refractivity contribution in [3.05, 3.63) is 0 Å². The summed E-state index contributed by atoms with van der Waals surface area (Å²) in [6.45, 7) is 7.56. The minimum atomic E-state index is -2.90. The molecule has 0 fully saturated rings. The van der Waals surface area contributed by atoms with E-state index in [2.05, 4.69) is 36.4 Å². The second kappa shape index (κ2) is 10.6. The molecule has 1 atom stereocenters. The average molecular weight is 435 g/mol. The summed E-state index contributed by atoms with van der Waals surface area (Å²) in [5.41, 5.74) is 0.0386. The highest BCUT2D eigenvalue weighted by molar-refractivity contribution is 14.0. The number of sulfone groups is 1. The van der Waals surface area contributed by atoms with E-state index in [9.17, 15) is 8.42 Å². The minimum Gasteiger partial charge on any atom is -0.379 e.